The normalized spacial score (nSPS) is 40.3. The van der Waals surface area contributed by atoms with Gasteiger partial charge in [0.2, 0.25) is 0 Å². The summed E-state index contributed by atoms with van der Waals surface area (Å²) in [4.78, 5) is 0. The molecular formula is C10H16O. The first kappa shape index (κ1) is 7.35. The van der Waals surface area contributed by atoms with Gasteiger partial charge in [-0.1, -0.05) is 12.2 Å². The minimum absolute atomic E-state index is 0.459. The fraction of sp³-hybridized carbons (Fsp3) is 0.800. The average Bonchev–Trinajstić information content (AvgIpc) is 2.60. The Morgan fingerprint density at radius 1 is 1.64 bits per heavy atom. The minimum atomic E-state index is 0.459. The van der Waals surface area contributed by atoms with Crippen molar-refractivity contribution in [3.05, 3.63) is 12.2 Å². The molecule has 2 unspecified atom stereocenters. The highest BCUT2D eigenvalue weighted by Crippen LogP contribution is 2.49. The minimum Gasteiger partial charge on any atom is -0.381 e. The van der Waals surface area contributed by atoms with Crippen LogP contribution in [0.15, 0.2) is 12.2 Å². The van der Waals surface area contributed by atoms with Crippen LogP contribution in [-0.4, -0.2) is 13.2 Å². The molecule has 1 saturated carbocycles. The maximum Gasteiger partial charge on any atom is 0.0557 e. The molecule has 62 valence electrons. The van der Waals surface area contributed by atoms with Crippen LogP contribution in [0.3, 0.4) is 0 Å². The summed E-state index contributed by atoms with van der Waals surface area (Å²) in [7, 11) is 0. The predicted octanol–water partition coefficient (Wildman–Crippen LogP) is 2.38. The fourth-order valence-electron chi connectivity index (χ4n) is 2.34. The van der Waals surface area contributed by atoms with E-state index in [0.29, 0.717) is 5.41 Å². The largest absolute Gasteiger partial charge is 0.381 e. The first-order chi connectivity index (χ1) is 5.35. The van der Waals surface area contributed by atoms with Crippen LogP contribution >= 0.6 is 0 Å². The topological polar surface area (TPSA) is 9.23 Å². The highest BCUT2D eigenvalue weighted by molar-refractivity contribution is 5.15. The van der Waals surface area contributed by atoms with Gasteiger partial charge in [0, 0.05) is 12.0 Å². The summed E-state index contributed by atoms with van der Waals surface area (Å²) >= 11 is 0. The molecule has 2 aliphatic carbocycles. The summed E-state index contributed by atoms with van der Waals surface area (Å²) in [6, 6.07) is 0. The Kier molecular flexibility index (Phi) is 1.76. The first-order valence-corrected chi connectivity index (χ1v) is 4.62. The molecule has 11 heavy (non-hydrogen) atoms. The van der Waals surface area contributed by atoms with Crippen molar-refractivity contribution in [3.8, 4) is 0 Å². The van der Waals surface area contributed by atoms with Crippen molar-refractivity contribution in [3.63, 3.8) is 0 Å². The van der Waals surface area contributed by atoms with Crippen molar-refractivity contribution in [1.82, 2.24) is 0 Å². The third kappa shape index (κ3) is 1.22. The van der Waals surface area contributed by atoms with E-state index >= 15 is 0 Å². The lowest BCUT2D eigenvalue weighted by molar-refractivity contribution is 0.0812. The van der Waals surface area contributed by atoms with Crippen LogP contribution in [-0.2, 0) is 4.74 Å². The van der Waals surface area contributed by atoms with E-state index in [1.165, 1.54) is 19.3 Å². The van der Waals surface area contributed by atoms with Crippen LogP contribution in [0.2, 0.25) is 0 Å². The van der Waals surface area contributed by atoms with Crippen molar-refractivity contribution in [2.75, 3.05) is 13.2 Å². The van der Waals surface area contributed by atoms with Gasteiger partial charge in [-0.25, -0.2) is 0 Å². The number of fused-ring (bicyclic) bond motifs is 2. The van der Waals surface area contributed by atoms with Crippen molar-refractivity contribution in [1.29, 1.82) is 0 Å². The molecule has 0 aromatic heterocycles. The van der Waals surface area contributed by atoms with Gasteiger partial charge in [-0.2, -0.15) is 0 Å². The van der Waals surface area contributed by atoms with Gasteiger partial charge < -0.3 is 4.74 Å². The van der Waals surface area contributed by atoms with E-state index in [1.54, 1.807) is 0 Å². The molecule has 0 N–H and O–H groups in total. The standard InChI is InChI=1S/C10H16O/c1-2-11-8-10-5-3-9(7-10)4-6-10/h3,5,9H,2,4,6-8H2,1H3. The highest BCUT2D eigenvalue weighted by atomic mass is 16.5. The summed E-state index contributed by atoms with van der Waals surface area (Å²) in [5, 5.41) is 0. The molecule has 2 bridgehead atoms. The lowest BCUT2D eigenvalue weighted by Crippen LogP contribution is -2.19. The third-order valence-electron chi connectivity index (χ3n) is 3.00. The summed E-state index contributed by atoms with van der Waals surface area (Å²) in [5.74, 6) is 0.885. The van der Waals surface area contributed by atoms with Gasteiger partial charge in [0.1, 0.15) is 0 Å². The van der Waals surface area contributed by atoms with Crippen molar-refractivity contribution in [2.45, 2.75) is 26.2 Å². The molecule has 0 aromatic carbocycles. The third-order valence-corrected chi connectivity index (χ3v) is 3.00. The van der Waals surface area contributed by atoms with Crippen LogP contribution in [0.25, 0.3) is 0 Å². The second-order valence-corrected chi connectivity index (χ2v) is 3.86. The molecule has 1 heteroatoms. The second-order valence-electron chi connectivity index (χ2n) is 3.86. The summed E-state index contributed by atoms with van der Waals surface area (Å²) in [6.07, 6.45) is 8.87. The number of allylic oxidation sites excluding steroid dienone is 1. The lowest BCUT2D eigenvalue weighted by atomic mass is 9.89. The maximum absolute atomic E-state index is 5.49. The van der Waals surface area contributed by atoms with Crippen molar-refractivity contribution in [2.24, 2.45) is 11.3 Å². The van der Waals surface area contributed by atoms with E-state index in [0.717, 1.165) is 19.1 Å². The molecule has 1 fully saturated rings. The summed E-state index contributed by atoms with van der Waals surface area (Å²) < 4.78 is 5.49. The van der Waals surface area contributed by atoms with E-state index in [1.807, 2.05) is 0 Å². The predicted molar refractivity (Wildman–Crippen MR) is 45.4 cm³/mol. The zero-order valence-electron chi connectivity index (χ0n) is 7.18. The summed E-state index contributed by atoms with van der Waals surface area (Å²) in [5.41, 5.74) is 0.459. The van der Waals surface area contributed by atoms with Gasteiger partial charge in [-0.15, -0.1) is 0 Å². The van der Waals surface area contributed by atoms with Crippen LogP contribution in [0.1, 0.15) is 26.2 Å². The molecule has 0 radical (unpaired) electrons. The summed E-state index contributed by atoms with van der Waals surface area (Å²) in [6.45, 7) is 3.89. The van der Waals surface area contributed by atoms with Gasteiger partial charge in [0.25, 0.3) is 0 Å². The Hall–Kier alpha value is -0.300. The lowest BCUT2D eigenvalue weighted by Gasteiger charge is -2.22. The zero-order valence-corrected chi connectivity index (χ0v) is 7.18. The van der Waals surface area contributed by atoms with Crippen LogP contribution in [0.5, 0.6) is 0 Å². The SMILES string of the molecule is CCOCC12C=CC(CC1)C2. The zero-order chi connectivity index (χ0) is 7.73. The molecular weight excluding hydrogens is 136 g/mol. The van der Waals surface area contributed by atoms with E-state index in [4.69, 9.17) is 4.74 Å². The Bertz CT molecular complexity index is 174. The van der Waals surface area contributed by atoms with Gasteiger partial charge in [-0.05, 0) is 32.1 Å². The van der Waals surface area contributed by atoms with Crippen LogP contribution in [0, 0.1) is 11.3 Å². The van der Waals surface area contributed by atoms with Gasteiger partial charge in [0.05, 0.1) is 6.61 Å². The van der Waals surface area contributed by atoms with Gasteiger partial charge >= 0.3 is 0 Å². The molecule has 0 amide bonds. The molecule has 0 saturated heterocycles. The molecule has 0 aliphatic heterocycles. The Labute approximate surface area is 68.4 Å². The maximum atomic E-state index is 5.49. The number of hydrogen-bond donors (Lipinski definition) is 0. The molecule has 1 nitrogen and oxygen atoms in total. The van der Waals surface area contributed by atoms with Crippen LogP contribution in [0.4, 0.5) is 0 Å². The molecule has 0 spiro atoms. The second kappa shape index (κ2) is 2.63. The highest BCUT2D eigenvalue weighted by Gasteiger charge is 2.40. The van der Waals surface area contributed by atoms with E-state index in [-0.39, 0.29) is 0 Å². The fourth-order valence-corrected chi connectivity index (χ4v) is 2.34. The van der Waals surface area contributed by atoms with E-state index < -0.39 is 0 Å². The van der Waals surface area contributed by atoms with Crippen molar-refractivity contribution >= 4 is 0 Å². The smallest absolute Gasteiger partial charge is 0.0557 e. The van der Waals surface area contributed by atoms with Crippen LogP contribution < -0.4 is 0 Å². The Morgan fingerprint density at radius 2 is 2.55 bits per heavy atom. The molecule has 2 aliphatic rings. The molecule has 0 heterocycles. The molecule has 0 aromatic rings. The quantitative estimate of drug-likeness (QED) is 0.564. The Balaban J connectivity index is 1.95. The molecule has 2 atom stereocenters. The van der Waals surface area contributed by atoms with E-state index in [9.17, 15) is 0 Å². The number of ether oxygens (including phenoxy) is 1. The van der Waals surface area contributed by atoms with Crippen molar-refractivity contribution < 1.29 is 4.74 Å². The van der Waals surface area contributed by atoms with Gasteiger partial charge in [-0.3, -0.25) is 0 Å². The number of hydrogen-bond acceptors (Lipinski definition) is 1. The average molecular weight is 152 g/mol. The number of rotatable bonds is 3. The van der Waals surface area contributed by atoms with E-state index in [2.05, 4.69) is 19.1 Å². The monoisotopic (exact) mass is 152 g/mol. The Morgan fingerprint density at radius 3 is 3.00 bits per heavy atom. The first-order valence-electron chi connectivity index (χ1n) is 4.62. The molecule has 2 rings (SSSR count). The van der Waals surface area contributed by atoms with Gasteiger partial charge in [0.15, 0.2) is 0 Å².